The third kappa shape index (κ3) is 4.99. The number of carbonyl (C=O) groups is 1. The van der Waals surface area contributed by atoms with Crippen LogP contribution in [0.5, 0.6) is 0 Å². The van der Waals surface area contributed by atoms with E-state index in [0.29, 0.717) is 5.75 Å². The van der Waals surface area contributed by atoms with Crippen molar-refractivity contribution in [1.82, 2.24) is 20.1 Å². The first-order valence-electron chi connectivity index (χ1n) is 8.74. The van der Waals surface area contributed by atoms with Gasteiger partial charge in [-0.25, -0.2) is 0 Å². The average molecular weight is 445 g/mol. The average Bonchev–Trinajstić information content (AvgIpc) is 3.10. The van der Waals surface area contributed by atoms with Crippen molar-refractivity contribution in [3.63, 3.8) is 0 Å². The van der Waals surface area contributed by atoms with Gasteiger partial charge in [0.05, 0.1) is 11.8 Å². The second-order valence-corrected chi connectivity index (χ2v) is 7.90. The van der Waals surface area contributed by atoms with E-state index in [4.69, 9.17) is 0 Å². The summed E-state index contributed by atoms with van der Waals surface area (Å²) in [5.41, 5.74) is 2.09. The van der Waals surface area contributed by atoms with Crippen LogP contribution in [0.25, 0.3) is 11.4 Å². The molecule has 1 heterocycles. The Morgan fingerprint density at radius 3 is 2.52 bits per heavy atom. The van der Waals surface area contributed by atoms with Crippen LogP contribution in [0.4, 0.5) is 0 Å². The predicted octanol–water partition coefficient (Wildman–Crippen LogP) is 4.70. The van der Waals surface area contributed by atoms with Gasteiger partial charge in [0.25, 0.3) is 0 Å². The van der Waals surface area contributed by atoms with Crippen LogP contribution in [0, 0.1) is 0 Å². The molecule has 0 aliphatic heterocycles. The van der Waals surface area contributed by atoms with Gasteiger partial charge < -0.3 is 9.88 Å². The lowest BCUT2D eigenvalue weighted by atomic mass is 10.1. The summed E-state index contributed by atoms with van der Waals surface area (Å²) >= 11 is 4.85. The summed E-state index contributed by atoms with van der Waals surface area (Å²) in [6, 6.07) is 17.9. The molecule has 3 rings (SSSR count). The number of halogens is 1. The molecular formula is C20H21BrN4OS. The number of thioether (sulfide) groups is 1. The molecule has 0 aliphatic carbocycles. The molecular weight excluding hydrogens is 424 g/mol. The van der Waals surface area contributed by atoms with Crippen molar-refractivity contribution < 1.29 is 4.79 Å². The molecule has 1 unspecified atom stereocenters. The molecule has 7 heteroatoms. The van der Waals surface area contributed by atoms with Gasteiger partial charge in [-0.15, -0.1) is 10.2 Å². The van der Waals surface area contributed by atoms with Crippen LogP contribution in [0.15, 0.2) is 64.2 Å². The number of carbonyl (C=O) groups excluding carboxylic acids is 1. The Morgan fingerprint density at radius 1 is 1.15 bits per heavy atom. The monoisotopic (exact) mass is 444 g/mol. The Morgan fingerprint density at radius 2 is 1.85 bits per heavy atom. The molecule has 1 amide bonds. The van der Waals surface area contributed by atoms with E-state index >= 15 is 0 Å². The summed E-state index contributed by atoms with van der Waals surface area (Å²) in [7, 11) is 0. The fraction of sp³-hybridized carbons (Fsp3) is 0.250. The summed E-state index contributed by atoms with van der Waals surface area (Å²) in [5.74, 6) is 1.09. The lowest BCUT2D eigenvalue weighted by molar-refractivity contribution is -0.119. The summed E-state index contributed by atoms with van der Waals surface area (Å²) in [5, 5.41) is 12.4. The third-order valence-electron chi connectivity index (χ3n) is 4.14. The summed E-state index contributed by atoms with van der Waals surface area (Å²) in [6.07, 6.45) is 0. The number of rotatable bonds is 7. The lowest BCUT2D eigenvalue weighted by Gasteiger charge is -2.14. The summed E-state index contributed by atoms with van der Waals surface area (Å²) < 4.78 is 3.05. The van der Waals surface area contributed by atoms with Crippen molar-refractivity contribution >= 4 is 33.6 Å². The quantitative estimate of drug-likeness (QED) is 0.536. The highest BCUT2D eigenvalue weighted by Gasteiger charge is 2.15. The van der Waals surface area contributed by atoms with Gasteiger partial charge in [0.1, 0.15) is 0 Å². The number of amides is 1. The van der Waals surface area contributed by atoms with Crippen LogP contribution in [0.3, 0.4) is 0 Å². The smallest absolute Gasteiger partial charge is 0.230 e. The maximum absolute atomic E-state index is 12.3. The molecule has 1 aromatic heterocycles. The van der Waals surface area contributed by atoms with E-state index in [0.717, 1.165) is 33.1 Å². The van der Waals surface area contributed by atoms with Crippen molar-refractivity contribution in [3.8, 4) is 11.4 Å². The van der Waals surface area contributed by atoms with Crippen LogP contribution in [-0.2, 0) is 11.3 Å². The molecule has 0 radical (unpaired) electrons. The lowest BCUT2D eigenvalue weighted by Crippen LogP contribution is -2.28. The zero-order valence-corrected chi connectivity index (χ0v) is 17.6. The van der Waals surface area contributed by atoms with Gasteiger partial charge in [-0.1, -0.05) is 70.2 Å². The molecule has 3 aromatic rings. The van der Waals surface area contributed by atoms with Crippen molar-refractivity contribution in [1.29, 1.82) is 0 Å². The van der Waals surface area contributed by atoms with E-state index < -0.39 is 0 Å². The molecule has 27 heavy (non-hydrogen) atoms. The largest absolute Gasteiger partial charge is 0.349 e. The highest BCUT2D eigenvalue weighted by molar-refractivity contribution is 9.10. The normalized spacial score (nSPS) is 12.0. The highest BCUT2D eigenvalue weighted by Crippen LogP contribution is 2.25. The highest BCUT2D eigenvalue weighted by atomic mass is 79.9. The Balaban J connectivity index is 1.64. The van der Waals surface area contributed by atoms with Crippen LogP contribution in [0.1, 0.15) is 25.5 Å². The molecule has 140 valence electrons. The topological polar surface area (TPSA) is 59.8 Å². The molecule has 1 N–H and O–H groups in total. The maximum atomic E-state index is 12.3. The van der Waals surface area contributed by atoms with Crippen molar-refractivity contribution in [2.24, 2.45) is 0 Å². The molecule has 0 spiro atoms. The van der Waals surface area contributed by atoms with E-state index in [1.807, 2.05) is 73.0 Å². The molecule has 2 aromatic carbocycles. The first-order chi connectivity index (χ1) is 13.1. The van der Waals surface area contributed by atoms with E-state index in [1.165, 1.54) is 11.8 Å². The van der Waals surface area contributed by atoms with Gasteiger partial charge >= 0.3 is 0 Å². The zero-order chi connectivity index (χ0) is 19.2. The van der Waals surface area contributed by atoms with Gasteiger partial charge in [0.2, 0.25) is 5.91 Å². The number of nitrogens with one attached hydrogen (secondary N) is 1. The van der Waals surface area contributed by atoms with Crippen LogP contribution >= 0.6 is 27.7 Å². The Bertz CT molecular complexity index is 896. The predicted molar refractivity (Wildman–Crippen MR) is 113 cm³/mol. The van der Waals surface area contributed by atoms with Crippen molar-refractivity contribution in [2.75, 3.05) is 5.75 Å². The summed E-state index contributed by atoms with van der Waals surface area (Å²) in [6.45, 7) is 4.77. The number of hydrogen-bond donors (Lipinski definition) is 1. The van der Waals surface area contributed by atoms with Crippen LogP contribution in [0.2, 0.25) is 0 Å². The van der Waals surface area contributed by atoms with Gasteiger partial charge in [0.15, 0.2) is 11.0 Å². The van der Waals surface area contributed by atoms with E-state index in [2.05, 4.69) is 31.4 Å². The maximum Gasteiger partial charge on any atom is 0.230 e. The first-order valence-corrected chi connectivity index (χ1v) is 10.5. The van der Waals surface area contributed by atoms with Gasteiger partial charge in [-0.2, -0.15) is 0 Å². The SMILES string of the molecule is CCn1c(SCC(=O)NC(C)c2ccccc2)nnc1-c1ccc(Br)cc1. The second kappa shape index (κ2) is 9.19. The number of aromatic nitrogens is 3. The fourth-order valence-corrected chi connectivity index (χ4v) is 3.81. The fourth-order valence-electron chi connectivity index (χ4n) is 2.73. The van der Waals surface area contributed by atoms with Gasteiger partial charge in [-0.05, 0) is 31.5 Å². The Hall–Kier alpha value is -2.12. The molecule has 0 saturated heterocycles. The standard InChI is InChI=1S/C20H21BrN4OS/c1-3-25-19(16-9-11-17(21)12-10-16)23-24-20(25)27-13-18(26)22-14(2)15-7-5-4-6-8-15/h4-12,14H,3,13H2,1-2H3,(H,22,26). The molecule has 0 bridgehead atoms. The van der Waals surface area contributed by atoms with Gasteiger partial charge in [-0.3, -0.25) is 4.79 Å². The number of hydrogen-bond acceptors (Lipinski definition) is 4. The van der Waals surface area contributed by atoms with E-state index in [1.54, 1.807) is 0 Å². The Labute approximate surface area is 171 Å². The van der Waals surface area contributed by atoms with Gasteiger partial charge in [0, 0.05) is 16.6 Å². The van der Waals surface area contributed by atoms with E-state index in [9.17, 15) is 4.79 Å². The molecule has 0 saturated carbocycles. The zero-order valence-electron chi connectivity index (χ0n) is 15.2. The second-order valence-electron chi connectivity index (χ2n) is 6.05. The van der Waals surface area contributed by atoms with Crippen molar-refractivity contribution in [2.45, 2.75) is 31.6 Å². The van der Waals surface area contributed by atoms with Crippen LogP contribution in [-0.4, -0.2) is 26.4 Å². The Kier molecular flexibility index (Phi) is 6.68. The minimum Gasteiger partial charge on any atom is -0.349 e. The van der Waals surface area contributed by atoms with E-state index in [-0.39, 0.29) is 11.9 Å². The minimum absolute atomic E-state index is 0.0211. The minimum atomic E-state index is -0.0262. The molecule has 1 atom stereocenters. The number of nitrogens with zero attached hydrogens (tertiary/aromatic N) is 3. The molecule has 5 nitrogen and oxygen atoms in total. The molecule has 0 fully saturated rings. The number of benzene rings is 2. The summed E-state index contributed by atoms with van der Waals surface area (Å²) in [4.78, 5) is 12.3. The third-order valence-corrected chi connectivity index (χ3v) is 5.64. The first kappa shape index (κ1) is 19.6. The molecule has 0 aliphatic rings. The van der Waals surface area contributed by atoms with Crippen LogP contribution < -0.4 is 5.32 Å². The van der Waals surface area contributed by atoms with Crippen molar-refractivity contribution in [3.05, 3.63) is 64.6 Å².